The lowest BCUT2D eigenvalue weighted by atomic mass is 10.2. The first kappa shape index (κ1) is 18.4. The molecule has 140 valence electrons. The molecule has 4 rings (SSSR count). The fourth-order valence-electron chi connectivity index (χ4n) is 2.67. The molecule has 0 aliphatic rings. The SMILES string of the molecule is O=C(O)c1nn(-c2nc(-c3ccc(Cl)c(Cl)c3)cs2)c2ccc([N+](=O)[O-])cc12. The molecule has 0 bridgehead atoms. The van der Waals surface area contributed by atoms with Crippen molar-refractivity contribution in [3.8, 4) is 16.4 Å². The van der Waals surface area contributed by atoms with Gasteiger partial charge >= 0.3 is 5.97 Å². The lowest BCUT2D eigenvalue weighted by molar-refractivity contribution is -0.384. The molecule has 0 unspecified atom stereocenters. The van der Waals surface area contributed by atoms with Gasteiger partial charge in [0.1, 0.15) is 0 Å². The topological polar surface area (TPSA) is 111 Å². The number of aromatic nitrogens is 3. The Morgan fingerprint density at radius 2 is 1.96 bits per heavy atom. The highest BCUT2D eigenvalue weighted by atomic mass is 35.5. The summed E-state index contributed by atoms with van der Waals surface area (Å²) < 4.78 is 1.36. The van der Waals surface area contributed by atoms with E-state index in [9.17, 15) is 20.0 Å². The molecular formula is C17H8Cl2N4O4S. The first-order valence-corrected chi connectivity index (χ1v) is 9.30. The molecule has 0 atom stereocenters. The van der Waals surface area contributed by atoms with Crippen molar-refractivity contribution in [3.05, 3.63) is 67.6 Å². The minimum absolute atomic E-state index is 0.160. The van der Waals surface area contributed by atoms with E-state index in [1.165, 1.54) is 34.2 Å². The molecule has 0 radical (unpaired) electrons. The number of carboxylic acids is 1. The van der Waals surface area contributed by atoms with E-state index >= 15 is 0 Å². The van der Waals surface area contributed by atoms with Crippen LogP contribution in [-0.4, -0.2) is 30.8 Å². The molecule has 0 amide bonds. The van der Waals surface area contributed by atoms with Crippen LogP contribution in [0.2, 0.25) is 10.0 Å². The second-order valence-electron chi connectivity index (χ2n) is 5.67. The molecule has 2 aromatic heterocycles. The number of non-ortho nitro benzene ring substituents is 1. The van der Waals surface area contributed by atoms with Gasteiger partial charge in [0.05, 0.1) is 26.2 Å². The number of nitro benzene ring substituents is 1. The van der Waals surface area contributed by atoms with E-state index < -0.39 is 10.9 Å². The van der Waals surface area contributed by atoms with Gasteiger partial charge in [-0.3, -0.25) is 10.1 Å². The third-order valence-corrected chi connectivity index (χ3v) is 5.52. The Labute approximate surface area is 170 Å². The van der Waals surface area contributed by atoms with Crippen LogP contribution in [0.1, 0.15) is 10.5 Å². The maximum absolute atomic E-state index is 11.5. The number of hydrogen-bond acceptors (Lipinski definition) is 6. The summed E-state index contributed by atoms with van der Waals surface area (Å²) in [4.78, 5) is 26.5. The van der Waals surface area contributed by atoms with Crippen molar-refractivity contribution in [2.45, 2.75) is 0 Å². The smallest absolute Gasteiger partial charge is 0.357 e. The Morgan fingerprint density at radius 1 is 1.18 bits per heavy atom. The number of fused-ring (bicyclic) bond motifs is 1. The molecule has 28 heavy (non-hydrogen) atoms. The zero-order valence-electron chi connectivity index (χ0n) is 13.7. The van der Waals surface area contributed by atoms with E-state index in [1.807, 2.05) is 0 Å². The number of carboxylic acid groups (broad SMARTS) is 1. The quantitative estimate of drug-likeness (QED) is 0.354. The Kier molecular flexibility index (Phi) is 4.50. The molecule has 0 fully saturated rings. The van der Waals surface area contributed by atoms with E-state index in [0.29, 0.717) is 26.4 Å². The van der Waals surface area contributed by atoms with Crippen LogP contribution in [0, 0.1) is 10.1 Å². The van der Waals surface area contributed by atoms with Crippen LogP contribution in [-0.2, 0) is 0 Å². The van der Waals surface area contributed by atoms with Gasteiger partial charge in [-0.25, -0.2) is 14.5 Å². The van der Waals surface area contributed by atoms with Crippen molar-refractivity contribution in [3.63, 3.8) is 0 Å². The van der Waals surface area contributed by atoms with Crippen LogP contribution in [0.15, 0.2) is 41.8 Å². The van der Waals surface area contributed by atoms with E-state index in [0.717, 1.165) is 5.56 Å². The standard InChI is InChI=1S/C17H8Cl2N4O4S/c18-11-3-1-8(5-12(11)19)13-7-28-17(20-13)22-14-4-2-9(23(26)27)6-10(14)15(21-22)16(24)25/h1-7H,(H,24,25). The maximum atomic E-state index is 11.5. The van der Waals surface area contributed by atoms with Crippen molar-refractivity contribution in [2.75, 3.05) is 0 Å². The van der Waals surface area contributed by atoms with E-state index in [2.05, 4.69) is 10.1 Å². The summed E-state index contributed by atoms with van der Waals surface area (Å²) >= 11 is 13.2. The Morgan fingerprint density at radius 3 is 2.64 bits per heavy atom. The zero-order chi connectivity index (χ0) is 20.0. The van der Waals surface area contributed by atoms with E-state index in [1.54, 1.807) is 23.6 Å². The van der Waals surface area contributed by atoms with Gasteiger partial charge in [-0.15, -0.1) is 11.3 Å². The van der Waals surface area contributed by atoms with E-state index in [4.69, 9.17) is 23.2 Å². The summed E-state index contributed by atoms with van der Waals surface area (Å²) in [6, 6.07) is 9.03. The van der Waals surface area contributed by atoms with Crippen molar-refractivity contribution < 1.29 is 14.8 Å². The van der Waals surface area contributed by atoms with Gasteiger partial charge in [-0.05, 0) is 18.2 Å². The molecule has 4 aromatic rings. The second kappa shape index (κ2) is 6.86. The van der Waals surface area contributed by atoms with Crippen LogP contribution in [0.25, 0.3) is 27.3 Å². The van der Waals surface area contributed by atoms with Crippen molar-refractivity contribution in [1.82, 2.24) is 14.8 Å². The predicted octanol–water partition coefficient (Wildman–Crippen LogP) is 5.06. The third-order valence-electron chi connectivity index (χ3n) is 3.97. The molecule has 0 spiro atoms. The Balaban J connectivity index is 1.85. The van der Waals surface area contributed by atoms with Gasteiger partial charge in [0.2, 0.25) is 5.13 Å². The maximum Gasteiger partial charge on any atom is 0.357 e. The number of benzene rings is 2. The van der Waals surface area contributed by atoms with Gasteiger partial charge in [0.25, 0.3) is 5.69 Å². The van der Waals surface area contributed by atoms with Crippen molar-refractivity contribution in [1.29, 1.82) is 0 Å². The highest BCUT2D eigenvalue weighted by Gasteiger charge is 2.21. The normalized spacial score (nSPS) is 11.1. The molecule has 0 aliphatic heterocycles. The molecule has 0 aliphatic carbocycles. The van der Waals surface area contributed by atoms with Gasteiger partial charge in [0, 0.05) is 28.5 Å². The van der Waals surface area contributed by atoms with Crippen molar-refractivity contribution >= 4 is 57.1 Å². The third kappa shape index (κ3) is 3.09. The Bertz CT molecular complexity index is 1270. The fraction of sp³-hybridized carbons (Fsp3) is 0. The summed E-state index contributed by atoms with van der Waals surface area (Å²) in [6.45, 7) is 0. The van der Waals surface area contributed by atoms with Crippen LogP contribution >= 0.6 is 34.5 Å². The minimum atomic E-state index is -1.29. The number of nitro groups is 1. The molecule has 0 saturated carbocycles. The van der Waals surface area contributed by atoms with Crippen LogP contribution < -0.4 is 0 Å². The summed E-state index contributed by atoms with van der Waals surface area (Å²) in [6.07, 6.45) is 0. The summed E-state index contributed by atoms with van der Waals surface area (Å²) in [5.74, 6) is -1.29. The zero-order valence-corrected chi connectivity index (χ0v) is 16.0. The van der Waals surface area contributed by atoms with Crippen LogP contribution in [0.5, 0.6) is 0 Å². The van der Waals surface area contributed by atoms with Crippen molar-refractivity contribution in [2.24, 2.45) is 0 Å². The van der Waals surface area contributed by atoms with Gasteiger partial charge in [-0.1, -0.05) is 29.3 Å². The largest absolute Gasteiger partial charge is 0.476 e. The summed E-state index contributed by atoms with van der Waals surface area (Å²) in [5.41, 5.74) is 1.25. The monoisotopic (exact) mass is 434 g/mol. The summed E-state index contributed by atoms with van der Waals surface area (Å²) in [5, 5.41) is 27.7. The van der Waals surface area contributed by atoms with Crippen LogP contribution in [0.4, 0.5) is 5.69 Å². The number of hydrogen-bond donors (Lipinski definition) is 1. The minimum Gasteiger partial charge on any atom is -0.476 e. The number of carbonyl (C=O) groups is 1. The first-order chi connectivity index (χ1) is 13.3. The number of nitrogens with zero attached hydrogens (tertiary/aromatic N) is 4. The molecule has 1 N–H and O–H groups in total. The highest BCUT2D eigenvalue weighted by molar-refractivity contribution is 7.12. The number of aromatic carboxylic acids is 1. The summed E-state index contributed by atoms with van der Waals surface area (Å²) in [7, 11) is 0. The number of rotatable bonds is 4. The van der Waals surface area contributed by atoms with Gasteiger partial charge in [0.15, 0.2) is 5.69 Å². The number of thiazole rings is 1. The molecule has 2 aromatic carbocycles. The van der Waals surface area contributed by atoms with Gasteiger partial charge < -0.3 is 5.11 Å². The average molecular weight is 435 g/mol. The second-order valence-corrected chi connectivity index (χ2v) is 7.32. The number of halogens is 2. The fourth-order valence-corrected chi connectivity index (χ4v) is 3.77. The molecule has 2 heterocycles. The molecular weight excluding hydrogens is 427 g/mol. The highest BCUT2D eigenvalue weighted by Crippen LogP contribution is 2.32. The molecule has 0 saturated heterocycles. The lowest BCUT2D eigenvalue weighted by Gasteiger charge is -2.00. The molecule has 11 heteroatoms. The predicted molar refractivity (Wildman–Crippen MR) is 106 cm³/mol. The lowest BCUT2D eigenvalue weighted by Crippen LogP contribution is -2.01. The first-order valence-electron chi connectivity index (χ1n) is 7.67. The van der Waals surface area contributed by atoms with Crippen LogP contribution in [0.3, 0.4) is 0 Å². The van der Waals surface area contributed by atoms with E-state index in [-0.39, 0.29) is 16.8 Å². The molecule has 8 nitrogen and oxygen atoms in total. The van der Waals surface area contributed by atoms with Gasteiger partial charge in [-0.2, -0.15) is 5.10 Å². The average Bonchev–Trinajstić information content (AvgIpc) is 3.28. The Hall–Kier alpha value is -3.01.